The minimum atomic E-state index is -0.550. The normalized spacial score (nSPS) is 12.6. The molecule has 7 nitrogen and oxygen atoms in total. The number of nitrogens with zero attached hydrogens (tertiary/aromatic N) is 2. The first-order chi connectivity index (χ1) is 16.6. The summed E-state index contributed by atoms with van der Waals surface area (Å²) in [4.78, 5) is 40.4. The van der Waals surface area contributed by atoms with Crippen molar-refractivity contribution in [1.82, 2.24) is 9.47 Å². The molecule has 35 heavy (non-hydrogen) atoms. The predicted octanol–water partition coefficient (Wildman–Crippen LogP) is 2.89. The molecule has 2 aromatic carbocycles. The van der Waals surface area contributed by atoms with Gasteiger partial charge in [0, 0.05) is 12.1 Å². The predicted molar refractivity (Wildman–Crippen MR) is 140 cm³/mol. The third-order valence-electron chi connectivity index (χ3n) is 5.53. The van der Waals surface area contributed by atoms with Gasteiger partial charge in [-0.05, 0) is 75.2 Å². The van der Waals surface area contributed by atoms with Gasteiger partial charge >= 0.3 is 5.97 Å². The lowest BCUT2D eigenvalue weighted by Gasteiger charge is -2.30. The zero-order valence-electron chi connectivity index (χ0n) is 21.0. The Labute approximate surface area is 208 Å². The molecule has 0 radical (unpaired) electrons. The Bertz CT molecular complexity index is 1390. The molecule has 1 aromatic heterocycles. The number of esters is 1. The summed E-state index contributed by atoms with van der Waals surface area (Å²) in [6.45, 7) is 9.54. The maximum Gasteiger partial charge on any atom is 0.333 e. The minimum absolute atomic E-state index is 0.0171. The zero-order chi connectivity index (χ0) is 25.7. The highest BCUT2D eigenvalue weighted by Gasteiger charge is 2.21. The van der Waals surface area contributed by atoms with Crippen LogP contribution in [0.2, 0.25) is 0 Å². The minimum Gasteiger partial charge on any atom is -0.497 e. The molecule has 1 amide bonds. The quantitative estimate of drug-likeness (QED) is 0.448. The van der Waals surface area contributed by atoms with Crippen molar-refractivity contribution >= 4 is 46.1 Å². The Morgan fingerprint density at radius 1 is 1.06 bits per heavy atom. The topological polar surface area (TPSA) is 77.8 Å². The van der Waals surface area contributed by atoms with E-state index >= 15 is 0 Å². The van der Waals surface area contributed by atoms with Crippen LogP contribution < -0.4 is 19.5 Å². The summed E-state index contributed by atoms with van der Waals surface area (Å²) in [5.41, 5.74) is 0.523. The molecular formula is C27H32N2O5S. The SMILES string of the molecule is CCOC(=O)/C=c1/s/c(=C/c2ccc3cc(OC)ccc3c2)c(=O)n1CC(=O)N(C(C)C)C(C)C. The number of aromatic nitrogens is 1. The molecule has 0 spiro atoms. The number of carbonyl (C=O) groups excluding carboxylic acids is 2. The molecule has 0 unspecified atom stereocenters. The Morgan fingerprint density at radius 2 is 1.71 bits per heavy atom. The van der Waals surface area contributed by atoms with Crippen molar-refractivity contribution < 1.29 is 19.1 Å². The molecule has 0 bridgehead atoms. The average molecular weight is 497 g/mol. The highest BCUT2D eigenvalue weighted by Crippen LogP contribution is 2.22. The van der Waals surface area contributed by atoms with E-state index in [2.05, 4.69) is 0 Å². The van der Waals surface area contributed by atoms with Crippen LogP contribution in [0.1, 0.15) is 40.2 Å². The van der Waals surface area contributed by atoms with Crippen molar-refractivity contribution in [2.75, 3.05) is 13.7 Å². The molecule has 8 heteroatoms. The molecule has 0 aliphatic heterocycles. The molecule has 0 aliphatic rings. The molecular weight excluding hydrogens is 464 g/mol. The first-order valence-electron chi connectivity index (χ1n) is 11.6. The summed E-state index contributed by atoms with van der Waals surface area (Å²) in [6.07, 6.45) is 3.06. The van der Waals surface area contributed by atoms with E-state index in [1.54, 1.807) is 25.0 Å². The molecule has 0 saturated heterocycles. The zero-order valence-corrected chi connectivity index (χ0v) is 21.8. The second kappa shape index (κ2) is 11.4. The van der Waals surface area contributed by atoms with Gasteiger partial charge < -0.3 is 14.4 Å². The summed E-state index contributed by atoms with van der Waals surface area (Å²) >= 11 is 1.16. The lowest BCUT2D eigenvalue weighted by Crippen LogP contribution is -2.46. The van der Waals surface area contributed by atoms with Crippen molar-refractivity contribution in [3.63, 3.8) is 0 Å². The van der Waals surface area contributed by atoms with Crippen LogP contribution in [0, 0.1) is 0 Å². The Morgan fingerprint density at radius 3 is 2.34 bits per heavy atom. The van der Waals surface area contributed by atoms with E-state index in [0.717, 1.165) is 33.4 Å². The van der Waals surface area contributed by atoms with Gasteiger partial charge in [0.15, 0.2) is 0 Å². The molecule has 0 fully saturated rings. The number of amides is 1. The van der Waals surface area contributed by atoms with Crippen LogP contribution in [-0.4, -0.2) is 47.1 Å². The number of hydrogen-bond acceptors (Lipinski definition) is 6. The van der Waals surface area contributed by atoms with Gasteiger partial charge in [-0.25, -0.2) is 4.79 Å². The summed E-state index contributed by atoms with van der Waals surface area (Å²) in [7, 11) is 1.63. The van der Waals surface area contributed by atoms with Gasteiger partial charge in [-0.15, -0.1) is 11.3 Å². The van der Waals surface area contributed by atoms with E-state index in [1.165, 1.54) is 10.6 Å². The van der Waals surface area contributed by atoms with E-state index < -0.39 is 5.97 Å². The molecule has 1 heterocycles. The number of thiazole rings is 1. The van der Waals surface area contributed by atoms with Gasteiger partial charge in [0.2, 0.25) is 5.91 Å². The number of rotatable bonds is 8. The van der Waals surface area contributed by atoms with Gasteiger partial charge in [-0.3, -0.25) is 14.2 Å². The van der Waals surface area contributed by atoms with E-state index in [4.69, 9.17) is 9.47 Å². The van der Waals surface area contributed by atoms with Crippen molar-refractivity contribution in [3.8, 4) is 5.75 Å². The van der Waals surface area contributed by atoms with Crippen LogP contribution in [-0.2, 0) is 20.9 Å². The number of ether oxygens (including phenoxy) is 2. The van der Waals surface area contributed by atoms with Gasteiger partial charge in [0.25, 0.3) is 5.56 Å². The fraction of sp³-hybridized carbons (Fsp3) is 0.370. The first kappa shape index (κ1) is 26.2. The van der Waals surface area contributed by atoms with Crippen LogP contribution in [0.4, 0.5) is 0 Å². The van der Waals surface area contributed by atoms with Crippen LogP contribution >= 0.6 is 11.3 Å². The van der Waals surface area contributed by atoms with Crippen LogP contribution in [0.3, 0.4) is 0 Å². The van der Waals surface area contributed by atoms with Crippen molar-refractivity contribution in [3.05, 3.63) is 61.5 Å². The largest absolute Gasteiger partial charge is 0.497 e. The van der Waals surface area contributed by atoms with E-state index in [0.29, 0.717) is 9.20 Å². The third-order valence-corrected chi connectivity index (χ3v) is 6.59. The number of methoxy groups -OCH3 is 1. The molecule has 186 valence electrons. The van der Waals surface area contributed by atoms with E-state index in [9.17, 15) is 14.4 Å². The summed E-state index contributed by atoms with van der Waals surface area (Å²) in [6, 6.07) is 11.6. The molecule has 0 aliphatic carbocycles. The Balaban J connectivity index is 2.11. The lowest BCUT2D eigenvalue weighted by atomic mass is 10.1. The lowest BCUT2D eigenvalue weighted by molar-refractivity contribution is -0.136. The maximum absolute atomic E-state index is 13.4. The molecule has 0 saturated carbocycles. The number of benzene rings is 2. The van der Waals surface area contributed by atoms with Crippen molar-refractivity contribution in [2.45, 2.75) is 53.2 Å². The number of fused-ring (bicyclic) bond motifs is 1. The van der Waals surface area contributed by atoms with Crippen molar-refractivity contribution in [1.29, 1.82) is 0 Å². The third kappa shape index (κ3) is 6.19. The summed E-state index contributed by atoms with van der Waals surface area (Å²) < 4.78 is 12.5. The first-order valence-corrected chi connectivity index (χ1v) is 12.4. The van der Waals surface area contributed by atoms with Crippen LogP contribution in [0.25, 0.3) is 22.9 Å². The second-order valence-corrected chi connectivity index (χ2v) is 9.76. The van der Waals surface area contributed by atoms with E-state index in [-0.39, 0.29) is 36.7 Å². The highest BCUT2D eigenvalue weighted by atomic mass is 32.1. The summed E-state index contributed by atoms with van der Waals surface area (Å²) in [5.74, 6) is 0.0429. The van der Waals surface area contributed by atoms with E-state index in [1.807, 2.05) is 64.1 Å². The summed E-state index contributed by atoms with van der Waals surface area (Å²) in [5, 5.41) is 2.03. The fourth-order valence-corrected chi connectivity index (χ4v) is 5.11. The Kier molecular flexibility index (Phi) is 8.51. The fourth-order valence-electron chi connectivity index (χ4n) is 4.08. The van der Waals surface area contributed by atoms with Gasteiger partial charge in [-0.2, -0.15) is 0 Å². The smallest absolute Gasteiger partial charge is 0.333 e. The van der Waals surface area contributed by atoms with Gasteiger partial charge in [0.05, 0.1) is 24.3 Å². The van der Waals surface area contributed by atoms with Gasteiger partial charge in [0.1, 0.15) is 17.0 Å². The molecule has 0 atom stereocenters. The monoisotopic (exact) mass is 496 g/mol. The molecule has 3 rings (SSSR count). The second-order valence-electron chi connectivity index (χ2n) is 8.70. The molecule has 0 N–H and O–H groups in total. The molecule has 3 aromatic rings. The number of hydrogen-bond donors (Lipinski definition) is 0. The highest BCUT2D eigenvalue weighted by molar-refractivity contribution is 7.07. The number of carbonyl (C=O) groups is 2. The maximum atomic E-state index is 13.4. The van der Waals surface area contributed by atoms with Gasteiger partial charge in [-0.1, -0.05) is 18.2 Å². The Hall–Kier alpha value is -3.39. The standard InChI is InChI=1S/C27H32N2O5S/c1-7-34-26(31)15-25-28(16-24(30)29(17(2)3)18(4)5)27(32)23(35-25)13-19-8-9-21-14-22(33-6)11-10-20(21)12-19/h8-15,17-18H,7,16H2,1-6H3/b23-13+,25-15+. The average Bonchev–Trinajstić information content (AvgIpc) is 3.06. The van der Waals surface area contributed by atoms with Crippen molar-refractivity contribution in [2.24, 2.45) is 0 Å². The van der Waals surface area contributed by atoms with Crippen LogP contribution in [0.15, 0.2) is 41.2 Å². The van der Waals surface area contributed by atoms with Crippen LogP contribution in [0.5, 0.6) is 5.75 Å².